The largest absolute Gasteiger partial charge is 0.458 e. The number of carbonyl (C=O) groups excluding carboxylic acids is 3. The van der Waals surface area contributed by atoms with Crippen LogP contribution in [-0.4, -0.2) is 46.8 Å². The van der Waals surface area contributed by atoms with E-state index < -0.39 is 17.5 Å². The molecule has 158 valence electrons. The predicted octanol–water partition coefficient (Wildman–Crippen LogP) is 3.38. The first-order valence-corrected chi connectivity index (χ1v) is 10.9. The second-order valence-electron chi connectivity index (χ2n) is 8.94. The van der Waals surface area contributed by atoms with E-state index in [1.807, 2.05) is 29.2 Å². The first kappa shape index (κ1) is 19.2. The normalized spacial score (nSPS) is 29.2. The van der Waals surface area contributed by atoms with Crippen molar-refractivity contribution in [2.24, 2.45) is 5.92 Å². The standard InChI is InChI=1S/C23H27N3O4/c1-23(19-13-16-8-3-5-11-18(16)30-19)21(28)26(22(29)24-23)14-20(27)25-12-6-9-15-7-2-4-10-17(15)25/h3,5,8,11,13,15,17H,2,4,6-7,9-10,12,14H2,1H3,(H,24,29)/t15-,17-,23+/m0/s1. The van der Waals surface area contributed by atoms with Crippen LogP contribution in [0, 0.1) is 5.92 Å². The minimum atomic E-state index is -1.31. The molecule has 7 nitrogen and oxygen atoms in total. The van der Waals surface area contributed by atoms with Gasteiger partial charge in [0.05, 0.1) is 0 Å². The maximum atomic E-state index is 13.2. The second kappa shape index (κ2) is 7.15. The number of hydrogen-bond acceptors (Lipinski definition) is 4. The number of furan rings is 1. The lowest BCUT2D eigenvalue weighted by Crippen LogP contribution is -2.53. The first-order chi connectivity index (χ1) is 14.5. The molecule has 3 fully saturated rings. The topological polar surface area (TPSA) is 82.9 Å². The number of amides is 4. The fraction of sp³-hybridized carbons (Fsp3) is 0.522. The van der Waals surface area contributed by atoms with Crippen molar-refractivity contribution in [2.45, 2.75) is 57.0 Å². The van der Waals surface area contributed by atoms with Gasteiger partial charge in [-0.05, 0) is 50.7 Å². The molecular weight excluding hydrogens is 382 g/mol. The molecule has 30 heavy (non-hydrogen) atoms. The number of rotatable bonds is 3. The number of para-hydroxylation sites is 1. The Morgan fingerprint density at radius 2 is 1.93 bits per heavy atom. The maximum absolute atomic E-state index is 13.2. The lowest BCUT2D eigenvalue weighted by atomic mass is 9.78. The fourth-order valence-electron chi connectivity index (χ4n) is 5.40. The van der Waals surface area contributed by atoms with E-state index in [-0.39, 0.29) is 18.5 Å². The van der Waals surface area contributed by atoms with E-state index in [9.17, 15) is 14.4 Å². The Bertz CT molecular complexity index is 980. The Morgan fingerprint density at radius 3 is 2.77 bits per heavy atom. The van der Waals surface area contributed by atoms with Crippen LogP contribution in [0.3, 0.4) is 0 Å². The molecule has 1 aliphatic carbocycles. The molecule has 0 unspecified atom stereocenters. The van der Waals surface area contributed by atoms with Gasteiger partial charge in [0.15, 0.2) is 5.54 Å². The van der Waals surface area contributed by atoms with Crippen LogP contribution >= 0.6 is 0 Å². The average Bonchev–Trinajstić information content (AvgIpc) is 3.29. The summed E-state index contributed by atoms with van der Waals surface area (Å²) in [5.74, 6) is 0.351. The number of nitrogens with zero attached hydrogens (tertiary/aromatic N) is 2. The van der Waals surface area contributed by atoms with Gasteiger partial charge in [0, 0.05) is 18.0 Å². The molecule has 3 heterocycles. The molecule has 7 heteroatoms. The number of nitrogens with one attached hydrogen (secondary N) is 1. The third-order valence-electron chi connectivity index (χ3n) is 7.05. The van der Waals surface area contributed by atoms with Crippen LogP contribution in [0.15, 0.2) is 34.7 Å². The Kier molecular flexibility index (Phi) is 4.56. The zero-order valence-corrected chi connectivity index (χ0v) is 17.2. The van der Waals surface area contributed by atoms with E-state index >= 15 is 0 Å². The van der Waals surface area contributed by atoms with Gasteiger partial charge in [0.2, 0.25) is 5.91 Å². The highest BCUT2D eigenvalue weighted by atomic mass is 16.3. The molecular formula is C23H27N3O4. The summed E-state index contributed by atoms with van der Waals surface area (Å²) in [6.45, 7) is 2.13. The van der Waals surface area contributed by atoms with Crippen molar-refractivity contribution < 1.29 is 18.8 Å². The van der Waals surface area contributed by atoms with Crippen molar-refractivity contribution in [3.8, 4) is 0 Å². The van der Waals surface area contributed by atoms with E-state index in [2.05, 4.69) is 5.32 Å². The Hall–Kier alpha value is -2.83. The van der Waals surface area contributed by atoms with Crippen molar-refractivity contribution >= 4 is 28.8 Å². The van der Waals surface area contributed by atoms with Gasteiger partial charge in [-0.3, -0.25) is 14.5 Å². The molecule has 1 aromatic heterocycles. The van der Waals surface area contributed by atoms with Gasteiger partial charge in [-0.15, -0.1) is 0 Å². The van der Waals surface area contributed by atoms with Crippen molar-refractivity contribution in [2.75, 3.05) is 13.1 Å². The van der Waals surface area contributed by atoms with Crippen LogP contribution in [0.25, 0.3) is 11.0 Å². The van der Waals surface area contributed by atoms with Crippen LogP contribution in [0.4, 0.5) is 4.79 Å². The molecule has 1 N–H and O–H groups in total. The predicted molar refractivity (Wildman–Crippen MR) is 111 cm³/mol. The van der Waals surface area contributed by atoms with Gasteiger partial charge in [-0.1, -0.05) is 31.0 Å². The molecule has 0 radical (unpaired) electrons. The van der Waals surface area contributed by atoms with Crippen LogP contribution < -0.4 is 5.32 Å². The molecule has 2 aromatic rings. The Morgan fingerprint density at radius 1 is 1.17 bits per heavy atom. The third-order valence-corrected chi connectivity index (χ3v) is 7.05. The van der Waals surface area contributed by atoms with Gasteiger partial charge < -0.3 is 14.6 Å². The van der Waals surface area contributed by atoms with Crippen LogP contribution in [0.2, 0.25) is 0 Å². The maximum Gasteiger partial charge on any atom is 0.325 e. The summed E-state index contributed by atoms with van der Waals surface area (Å²) in [5, 5.41) is 3.61. The molecule has 0 bridgehead atoms. The summed E-state index contributed by atoms with van der Waals surface area (Å²) in [6.07, 6.45) is 6.71. The van der Waals surface area contributed by atoms with Crippen molar-refractivity contribution in [1.82, 2.24) is 15.1 Å². The summed E-state index contributed by atoms with van der Waals surface area (Å²) in [4.78, 5) is 42.0. The summed E-state index contributed by atoms with van der Waals surface area (Å²) in [6, 6.07) is 8.94. The lowest BCUT2D eigenvalue weighted by molar-refractivity contribution is -0.143. The van der Waals surface area contributed by atoms with Crippen molar-refractivity contribution in [1.29, 1.82) is 0 Å². The molecule has 4 amide bonds. The molecule has 0 spiro atoms. The molecule has 1 aromatic carbocycles. The molecule has 1 saturated carbocycles. The smallest absolute Gasteiger partial charge is 0.325 e. The molecule has 3 atom stereocenters. The van der Waals surface area contributed by atoms with E-state index in [1.165, 1.54) is 19.3 Å². The highest BCUT2D eigenvalue weighted by molar-refractivity contribution is 6.09. The first-order valence-electron chi connectivity index (χ1n) is 10.9. The Balaban J connectivity index is 1.36. The number of imide groups is 1. The van der Waals surface area contributed by atoms with E-state index in [0.717, 1.165) is 29.5 Å². The number of piperidine rings is 1. The van der Waals surface area contributed by atoms with Crippen LogP contribution in [-0.2, 0) is 15.1 Å². The monoisotopic (exact) mass is 409 g/mol. The number of benzene rings is 1. The lowest BCUT2D eigenvalue weighted by Gasteiger charge is -2.44. The number of urea groups is 1. The minimum absolute atomic E-state index is 0.135. The average molecular weight is 409 g/mol. The number of likely N-dealkylation sites (tertiary alicyclic amines) is 1. The quantitative estimate of drug-likeness (QED) is 0.788. The summed E-state index contributed by atoms with van der Waals surface area (Å²) < 4.78 is 5.86. The van der Waals surface area contributed by atoms with Gasteiger partial charge in [0.25, 0.3) is 5.91 Å². The number of hydrogen-bond donors (Lipinski definition) is 1. The van der Waals surface area contributed by atoms with Crippen molar-refractivity contribution in [3.05, 3.63) is 36.1 Å². The van der Waals surface area contributed by atoms with Gasteiger partial charge in [0.1, 0.15) is 17.9 Å². The molecule has 2 saturated heterocycles. The minimum Gasteiger partial charge on any atom is -0.458 e. The van der Waals surface area contributed by atoms with Crippen molar-refractivity contribution in [3.63, 3.8) is 0 Å². The van der Waals surface area contributed by atoms with E-state index in [0.29, 0.717) is 23.8 Å². The van der Waals surface area contributed by atoms with Gasteiger partial charge in [-0.25, -0.2) is 4.79 Å². The fourth-order valence-corrected chi connectivity index (χ4v) is 5.40. The molecule has 2 aliphatic heterocycles. The SMILES string of the molecule is C[C@]1(c2cc3ccccc3o2)NC(=O)N(CC(=O)N2CCC[C@@H]3CCCC[C@@H]32)C1=O. The Labute approximate surface area is 175 Å². The summed E-state index contributed by atoms with van der Waals surface area (Å²) in [5.41, 5.74) is -0.659. The van der Waals surface area contributed by atoms with E-state index in [4.69, 9.17) is 4.42 Å². The van der Waals surface area contributed by atoms with Gasteiger partial charge in [-0.2, -0.15) is 0 Å². The number of fused-ring (bicyclic) bond motifs is 2. The molecule has 5 rings (SSSR count). The molecule has 3 aliphatic rings. The summed E-state index contributed by atoms with van der Waals surface area (Å²) in [7, 11) is 0. The zero-order chi connectivity index (χ0) is 20.9. The van der Waals surface area contributed by atoms with Crippen LogP contribution in [0.5, 0.6) is 0 Å². The van der Waals surface area contributed by atoms with E-state index in [1.54, 1.807) is 13.0 Å². The highest BCUT2D eigenvalue weighted by Crippen LogP contribution is 2.36. The second-order valence-corrected chi connectivity index (χ2v) is 8.94. The van der Waals surface area contributed by atoms with Gasteiger partial charge >= 0.3 is 6.03 Å². The summed E-state index contributed by atoms with van der Waals surface area (Å²) >= 11 is 0. The highest BCUT2D eigenvalue weighted by Gasteiger charge is 2.52. The number of carbonyl (C=O) groups is 3. The third kappa shape index (κ3) is 2.99. The zero-order valence-electron chi connectivity index (χ0n) is 17.2. The van der Waals surface area contributed by atoms with Crippen LogP contribution in [0.1, 0.15) is 51.2 Å².